The summed E-state index contributed by atoms with van der Waals surface area (Å²) in [5.41, 5.74) is -0.104. The van der Waals surface area contributed by atoms with Crippen LogP contribution in [0.15, 0.2) is 42.5 Å². The van der Waals surface area contributed by atoms with Crippen LogP contribution in [0.1, 0.15) is 124 Å². The Labute approximate surface area is 295 Å². The van der Waals surface area contributed by atoms with E-state index in [4.69, 9.17) is 14.2 Å². The topological polar surface area (TPSA) is 106 Å². The van der Waals surface area contributed by atoms with E-state index in [0.717, 1.165) is 16.7 Å². The first-order valence-corrected chi connectivity index (χ1v) is 17.9. The zero-order valence-electron chi connectivity index (χ0n) is 32.1. The van der Waals surface area contributed by atoms with Gasteiger partial charge in [0.2, 0.25) is 0 Å². The van der Waals surface area contributed by atoms with E-state index in [0.29, 0.717) is 31.2 Å². The summed E-state index contributed by atoms with van der Waals surface area (Å²) in [6, 6.07) is 13.8. The number of aryl methyl sites for hydroxylation is 1. The van der Waals surface area contributed by atoms with Gasteiger partial charge >= 0.3 is 11.9 Å². The third kappa shape index (κ3) is 9.25. The van der Waals surface area contributed by atoms with Gasteiger partial charge in [-0.3, -0.25) is 9.59 Å². The van der Waals surface area contributed by atoms with Crippen molar-refractivity contribution in [2.45, 2.75) is 154 Å². The second-order valence-corrected chi connectivity index (χ2v) is 18.0. The largest absolute Gasteiger partial charge is 0.507 e. The number of phenols is 1. The molecule has 0 aromatic heterocycles. The summed E-state index contributed by atoms with van der Waals surface area (Å²) in [5.74, 6) is -0.978. The summed E-state index contributed by atoms with van der Waals surface area (Å²) < 4.78 is 18.4. The number of nitrogens with one attached hydrogen (secondary N) is 2. The van der Waals surface area contributed by atoms with Crippen LogP contribution >= 0.6 is 0 Å². The lowest BCUT2D eigenvalue weighted by molar-refractivity contribution is -0.184. The molecule has 2 aliphatic rings. The molecule has 49 heavy (non-hydrogen) atoms. The molecule has 0 aliphatic carbocycles. The van der Waals surface area contributed by atoms with Gasteiger partial charge in [0, 0.05) is 72.5 Å². The summed E-state index contributed by atoms with van der Waals surface area (Å²) in [5, 5.41) is 18.7. The van der Waals surface area contributed by atoms with E-state index in [-0.39, 0.29) is 59.6 Å². The third-order valence-electron chi connectivity index (χ3n) is 10.4. The lowest BCUT2D eigenvalue weighted by atomic mass is 9.73. The second-order valence-electron chi connectivity index (χ2n) is 18.0. The molecular formula is C41H62N2O6. The Kier molecular flexibility index (Phi) is 11.1. The van der Waals surface area contributed by atoms with Gasteiger partial charge in [-0.2, -0.15) is 0 Å². The number of phenolic OH excluding ortho intramolecular Hbond substituents is 1. The first-order chi connectivity index (χ1) is 22.5. The molecule has 0 saturated carbocycles. The fourth-order valence-electron chi connectivity index (χ4n) is 8.74. The molecule has 3 N–H and O–H groups in total. The van der Waals surface area contributed by atoms with E-state index in [1.807, 2.05) is 49.4 Å². The van der Waals surface area contributed by atoms with Gasteiger partial charge in [-0.15, -0.1) is 0 Å². The van der Waals surface area contributed by atoms with Crippen molar-refractivity contribution in [2.24, 2.45) is 5.41 Å². The SMILES string of the molecule is COCCC(Cc1cc(C)c(O)c(C(C)(C)c2ccccc2)c1)(C(=O)OC1CC(C)(C)NC(C)(C)C1)C(=O)OC1CC(C)(C)NC(C)(C)C1. The molecule has 2 aliphatic heterocycles. The predicted octanol–water partition coefficient (Wildman–Crippen LogP) is 7.30. The Hall–Kier alpha value is -2.94. The highest BCUT2D eigenvalue weighted by molar-refractivity contribution is 6.00. The highest BCUT2D eigenvalue weighted by atomic mass is 16.6. The van der Waals surface area contributed by atoms with Gasteiger partial charge < -0.3 is 30.0 Å². The van der Waals surface area contributed by atoms with Crippen LogP contribution in [-0.4, -0.2) is 65.1 Å². The number of hydrogen-bond donors (Lipinski definition) is 3. The Morgan fingerprint density at radius 2 is 1.24 bits per heavy atom. The molecule has 2 heterocycles. The highest BCUT2D eigenvalue weighted by Crippen LogP contribution is 2.42. The molecule has 2 saturated heterocycles. The normalized spacial score (nSPS) is 20.8. The maximum Gasteiger partial charge on any atom is 0.324 e. The quantitative estimate of drug-likeness (QED) is 0.168. The van der Waals surface area contributed by atoms with Crippen molar-refractivity contribution in [3.05, 3.63) is 64.7 Å². The van der Waals surface area contributed by atoms with E-state index in [1.165, 1.54) is 0 Å². The number of piperidine rings is 2. The van der Waals surface area contributed by atoms with E-state index in [2.05, 4.69) is 79.9 Å². The van der Waals surface area contributed by atoms with E-state index < -0.39 is 22.8 Å². The van der Waals surface area contributed by atoms with Crippen molar-refractivity contribution < 1.29 is 28.9 Å². The lowest BCUT2D eigenvalue weighted by Crippen LogP contribution is -2.61. The summed E-state index contributed by atoms with van der Waals surface area (Å²) in [6.07, 6.45) is 1.81. The Morgan fingerprint density at radius 3 is 1.67 bits per heavy atom. The van der Waals surface area contributed by atoms with Crippen LogP contribution in [0.4, 0.5) is 0 Å². The maximum atomic E-state index is 14.8. The monoisotopic (exact) mass is 678 g/mol. The van der Waals surface area contributed by atoms with Gasteiger partial charge in [0.05, 0.1) is 0 Å². The number of carbonyl (C=O) groups excluding carboxylic acids is 2. The van der Waals surface area contributed by atoms with Crippen molar-refractivity contribution in [1.29, 1.82) is 0 Å². The smallest absolute Gasteiger partial charge is 0.324 e. The first-order valence-electron chi connectivity index (χ1n) is 17.9. The summed E-state index contributed by atoms with van der Waals surface area (Å²) in [4.78, 5) is 29.6. The molecule has 272 valence electrons. The zero-order valence-corrected chi connectivity index (χ0v) is 32.1. The third-order valence-corrected chi connectivity index (χ3v) is 10.4. The van der Waals surface area contributed by atoms with Gasteiger partial charge in [-0.25, -0.2) is 0 Å². The molecule has 0 radical (unpaired) electrons. The Bertz CT molecular complexity index is 1410. The minimum Gasteiger partial charge on any atom is -0.507 e. The first kappa shape index (κ1) is 38.9. The fourth-order valence-corrected chi connectivity index (χ4v) is 8.74. The number of hydrogen-bond acceptors (Lipinski definition) is 8. The van der Waals surface area contributed by atoms with Gasteiger partial charge in [0.25, 0.3) is 0 Å². The number of benzene rings is 2. The molecule has 2 fully saturated rings. The molecule has 2 aromatic carbocycles. The number of carbonyl (C=O) groups is 2. The van der Waals surface area contributed by atoms with E-state index >= 15 is 0 Å². The van der Waals surface area contributed by atoms with E-state index in [1.54, 1.807) is 7.11 Å². The Morgan fingerprint density at radius 1 is 0.796 bits per heavy atom. The van der Waals surface area contributed by atoms with Crippen LogP contribution in [0.3, 0.4) is 0 Å². The zero-order chi connectivity index (χ0) is 36.6. The van der Waals surface area contributed by atoms with Crippen molar-refractivity contribution in [1.82, 2.24) is 10.6 Å². The number of methoxy groups -OCH3 is 1. The lowest BCUT2D eigenvalue weighted by Gasteiger charge is -2.47. The maximum absolute atomic E-state index is 14.8. The molecule has 4 rings (SSSR count). The van der Waals surface area contributed by atoms with Gasteiger partial charge in [0.1, 0.15) is 18.0 Å². The molecule has 0 atom stereocenters. The molecule has 0 bridgehead atoms. The average molecular weight is 679 g/mol. The standard InChI is InChI=1S/C41H62N2O6/c1-27-20-28(21-32(33(27)44)40(10,11)29-16-14-13-15-17-29)22-41(18-19-47-12,34(45)48-30-23-36(2,3)42-37(4,5)24-30)35(46)49-31-25-38(6,7)43-39(8,9)26-31/h13-17,20-21,30-31,42-44H,18-19,22-26H2,1-12H3. The highest BCUT2D eigenvalue weighted by Gasteiger charge is 2.52. The summed E-state index contributed by atoms with van der Waals surface area (Å²) in [6.45, 7) is 23.0. The van der Waals surface area contributed by atoms with Crippen LogP contribution in [0, 0.1) is 12.3 Å². The Balaban J connectivity index is 1.81. The summed E-state index contributed by atoms with van der Waals surface area (Å²) in [7, 11) is 1.57. The van der Waals surface area contributed by atoms with Crippen LogP contribution in [0.2, 0.25) is 0 Å². The average Bonchev–Trinajstić information content (AvgIpc) is 2.93. The number of ether oxygens (including phenoxy) is 3. The van der Waals surface area contributed by atoms with Crippen LogP contribution in [0.25, 0.3) is 0 Å². The number of aromatic hydroxyl groups is 1. The molecule has 0 spiro atoms. The van der Waals surface area contributed by atoms with Gasteiger partial charge in [-0.05, 0) is 91.8 Å². The second kappa shape index (κ2) is 14.0. The molecule has 8 nitrogen and oxygen atoms in total. The number of esters is 2. The van der Waals surface area contributed by atoms with Gasteiger partial charge in [0.15, 0.2) is 5.41 Å². The molecule has 0 unspecified atom stereocenters. The van der Waals surface area contributed by atoms with Crippen molar-refractivity contribution in [3.8, 4) is 5.75 Å². The minimum atomic E-state index is -1.67. The predicted molar refractivity (Wildman–Crippen MR) is 195 cm³/mol. The van der Waals surface area contributed by atoms with Crippen molar-refractivity contribution >= 4 is 11.9 Å². The number of rotatable bonds is 11. The molecule has 0 amide bonds. The van der Waals surface area contributed by atoms with E-state index in [9.17, 15) is 14.7 Å². The molecule has 2 aromatic rings. The molecular weight excluding hydrogens is 616 g/mol. The van der Waals surface area contributed by atoms with Crippen LogP contribution in [0.5, 0.6) is 5.75 Å². The van der Waals surface area contributed by atoms with Crippen LogP contribution in [-0.2, 0) is 35.6 Å². The van der Waals surface area contributed by atoms with Gasteiger partial charge in [-0.1, -0.05) is 56.3 Å². The van der Waals surface area contributed by atoms with Crippen molar-refractivity contribution in [3.63, 3.8) is 0 Å². The molecule has 8 heteroatoms. The minimum absolute atomic E-state index is 0.0442. The summed E-state index contributed by atoms with van der Waals surface area (Å²) >= 11 is 0. The van der Waals surface area contributed by atoms with Crippen LogP contribution < -0.4 is 10.6 Å². The fraction of sp³-hybridized carbons (Fsp3) is 0.659. The van der Waals surface area contributed by atoms with Crippen molar-refractivity contribution in [2.75, 3.05) is 13.7 Å².